The van der Waals surface area contributed by atoms with E-state index in [1.807, 2.05) is 0 Å². The van der Waals surface area contributed by atoms with Crippen molar-refractivity contribution in [3.8, 4) is 17.1 Å². The van der Waals surface area contributed by atoms with Gasteiger partial charge in [0.15, 0.2) is 17.5 Å². The highest BCUT2D eigenvalue weighted by molar-refractivity contribution is 6.67. The number of halogens is 6. The van der Waals surface area contributed by atoms with E-state index in [-0.39, 0.29) is 23.2 Å². The predicted octanol–water partition coefficient (Wildman–Crippen LogP) is 4.90. The third kappa shape index (κ3) is 4.38. The maximum Gasteiger partial charge on any atom is 0.250 e. The Balaban J connectivity index is 2.66. The number of alkyl halides is 6. The predicted molar refractivity (Wildman–Crippen MR) is 85.4 cm³/mol. The Kier molecular flexibility index (Phi) is 4.98. The third-order valence-electron chi connectivity index (χ3n) is 2.25. The molecule has 112 valence electrons. The van der Waals surface area contributed by atoms with Crippen molar-refractivity contribution in [1.82, 2.24) is 15.0 Å². The van der Waals surface area contributed by atoms with E-state index in [4.69, 9.17) is 69.6 Å². The second-order valence-corrected chi connectivity index (χ2v) is 8.41. The standard InChI is InChI=1S/C11H5Cl6N3O/c12-10(13,14)8-18-7(5-2-1-3-6(21)4-5)19-9(20-8)11(15,16)17/h1-4,21H. The van der Waals surface area contributed by atoms with Crippen LogP contribution in [0.15, 0.2) is 24.3 Å². The van der Waals surface area contributed by atoms with Crippen molar-refractivity contribution in [2.45, 2.75) is 7.59 Å². The monoisotopic (exact) mass is 405 g/mol. The zero-order valence-electron chi connectivity index (χ0n) is 9.87. The van der Waals surface area contributed by atoms with Gasteiger partial charge in [-0.05, 0) is 12.1 Å². The maximum atomic E-state index is 9.51. The van der Waals surface area contributed by atoms with Crippen molar-refractivity contribution in [2.75, 3.05) is 0 Å². The molecular weight excluding hydrogens is 403 g/mol. The number of nitrogens with zero attached hydrogens (tertiary/aromatic N) is 3. The molecule has 0 saturated carbocycles. The number of benzene rings is 1. The Bertz CT molecular complexity index is 635. The minimum Gasteiger partial charge on any atom is -0.508 e. The lowest BCUT2D eigenvalue weighted by molar-refractivity contribution is 0.475. The number of hydrogen-bond acceptors (Lipinski definition) is 4. The first kappa shape index (κ1) is 17.1. The van der Waals surface area contributed by atoms with E-state index in [1.54, 1.807) is 12.1 Å². The average molecular weight is 408 g/mol. The SMILES string of the molecule is Oc1cccc(-c2nc(C(Cl)(Cl)Cl)nc(C(Cl)(Cl)Cl)n2)c1. The molecule has 1 heterocycles. The summed E-state index contributed by atoms with van der Waals surface area (Å²) < 4.78 is -3.83. The summed E-state index contributed by atoms with van der Waals surface area (Å²) in [6, 6.07) is 6.13. The molecule has 1 N–H and O–H groups in total. The van der Waals surface area contributed by atoms with E-state index >= 15 is 0 Å². The lowest BCUT2D eigenvalue weighted by Crippen LogP contribution is -2.16. The molecule has 2 aromatic rings. The van der Waals surface area contributed by atoms with Crippen molar-refractivity contribution in [1.29, 1.82) is 0 Å². The van der Waals surface area contributed by atoms with Crippen molar-refractivity contribution in [2.24, 2.45) is 0 Å². The van der Waals surface area contributed by atoms with Gasteiger partial charge in [0.25, 0.3) is 0 Å². The summed E-state index contributed by atoms with van der Waals surface area (Å²) in [5.41, 5.74) is 0.448. The first-order valence-corrected chi connectivity index (χ1v) is 7.54. The van der Waals surface area contributed by atoms with Crippen LogP contribution in [-0.2, 0) is 7.59 Å². The minimum absolute atomic E-state index is 0.0128. The van der Waals surface area contributed by atoms with E-state index in [0.29, 0.717) is 5.56 Å². The second kappa shape index (κ2) is 6.11. The van der Waals surface area contributed by atoms with Crippen molar-refractivity contribution in [3.05, 3.63) is 35.9 Å². The number of phenols is 1. The largest absolute Gasteiger partial charge is 0.508 e. The number of aromatic nitrogens is 3. The van der Waals surface area contributed by atoms with Gasteiger partial charge in [-0.1, -0.05) is 81.7 Å². The highest BCUT2D eigenvalue weighted by atomic mass is 35.6. The lowest BCUT2D eigenvalue weighted by atomic mass is 10.2. The van der Waals surface area contributed by atoms with Crippen LogP contribution in [0.5, 0.6) is 5.75 Å². The van der Waals surface area contributed by atoms with Gasteiger partial charge in [0, 0.05) is 5.56 Å². The maximum absolute atomic E-state index is 9.51. The molecule has 10 heteroatoms. The normalized spacial score (nSPS) is 12.5. The Labute approximate surface area is 149 Å². The van der Waals surface area contributed by atoms with E-state index in [9.17, 15) is 5.11 Å². The zero-order valence-corrected chi connectivity index (χ0v) is 14.4. The molecule has 4 nitrogen and oxygen atoms in total. The van der Waals surface area contributed by atoms with Crippen LogP contribution in [-0.4, -0.2) is 20.1 Å². The summed E-state index contributed by atoms with van der Waals surface area (Å²) in [4.78, 5) is 11.9. The minimum atomic E-state index is -1.92. The van der Waals surface area contributed by atoms with Gasteiger partial charge < -0.3 is 5.11 Å². The van der Waals surface area contributed by atoms with Crippen LogP contribution in [0.3, 0.4) is 0 Å². The van der Waals surface area contributed by atoms with Gasteiger partial charge in [-0.25, -0.2) is 15.0 Å². The highest BCUT2D eigenvalue weighted by Crippen LogP contribution is 2.40. The molecule has 0 bridgehead atoms. The van der Waals surface area contributed by atoms with Crippen molar-refractivity contribution < 1.29 is 5.11 Å². The van der Waals surface area contributed by atoms with Gasteiger partial charge in [0.05, 0.1) is 0 Å². The fraction of sp³-hybridized carbons (Fsp3) is 0.182. The second-order valence-electron chi connectivity index (χ2n) is 3.85. The molecule has 2 rings (SSSR count). The van der Waals surface area contributed by atoms with Gasteiger partial charge in [-0.2, -0.15) is 0 Å². The van der Waals surface area contributed by atoms with Gasteiger partial charge in [0.1, 0.15) is 5.75 Å². The Hall–Kier alpha value is -0.230. The molecule has 0 amide bonds. The molecule has 0 aliphatic rings. The number of rotatable bonds is 1. The molecule has 1 aromatic carbocycles. The summed E-state index contributed by atoms with van der Waals surface area (Å²) in [6.07, 6.45) is 0. The van der Waals surface area contributed by atoms with Crippen LogP contribution < -0.4 is 0 Å². The Morgan fingerprint density at radius 3 is 1.76 bits per heavy atom. The van der Waals surface area contributed by atoms with Crippen LogP contribution in [0.25, 0.3) is 11.4 Å². The first-order valence-electron chi connectivity index (χ1n) is 5.27. The summed E-state index contributed by atoms with van der Waals surface area (Å²) in [5, 5.41) is 9.51. The van der Waals surface area contributed by atoms with Gasteiger partial charge in [-0.15, -0.1) is 0 Å². The van der Waals surface area contributed by atoms with Gasteiger partial charge in [0.2, 0.25) is 7.59 Å². The summed E-state index contributed by atoms with van der Waals surface area (Å²) in [7, 11) is 0. The van der Waals surface area contributed by atoms with E-state index in [2.05, 4.69) is 15.0 Å². The molecule has 0 atom stereocenters. The van der Waals surface area contributed by atoms with Gasteiger partial charge in [-0.3, -0.25) is 0 Å². The topological polar surface area (TPSA) is 58.9 Å². The zero-order chi connectivity index (χ0) is 15.8. The Morgan fingerprint density at radius 1 is 0.810 bits per heavy atom. The smallest absolute Gasteiger partial charge is 0.250 e. The summed E-state index contributed by atoms with van der Waals surface area (Å²) in [6.45, 7) is 0. The van der Waals surface area contributed by atoms with Crippen LogP contribution in [0.2, 0.25) is 0 Å². The van der Waals surface area contributed by atoms with E-state index in [1.165, 1.54) is 12.1 Å². The lowest BCUT2D eigenvalue weighted by Gasteiger charge is -2.15. The molecule has 0 saturated heterocycles. The van der Waals surface area contributed by atoms with E-state index < -0.39 is 7.59 Å². The molecule has 1 aromatic heterocycles. The van der Waals surface area contributed by atoms with Crippen LogP contribution in [0, 0.1) is 0 Å². The third-order valence-corrected chi connectivity index (χ3v) is 3.26. The fourth-order valence-electron chi connectivity index (χ4n) is 1.40. The van der Waals surface area contributed by atoms with Crippen molar-refractivity contribution >= 4 is 69.6 Å². The molecule has 0 radical (unpaired) electrons. The van der Waals surface area contributed by atoms with E-state index in [0.717, 1.165) is 0 Å². The van der Waals surface area contributed by atoms with Crippen molar-refractivity contribution in [3.63, 3.8) is 0 Å². The highest BCUT2D eigenvalue weighted by Gasteiger charge is 2.34. The Morgan fingerprint density at radius 2 is 1.33 bits per heavy atom. The first-order chi connectivity index (χ1) is 9.57. The van der Waals surface area contributed by atoms with Crippen LogP contribution in [0.4, 0.5) is 0 Å². The quantitative estimate of drug-likeness (QED) is 0.683. The molecular formula is C11H5Cl6N3O. The van der Waals surface area contributed by atoms with Crippen LogP contribution >= 0.6 is 69.6 Å². The number of phenolic OH excluding ortho intramolecular Hbond substituents is 1. The number of aromatic hydroxyl groups is 1. The summed E-state index contributed by atoms with van der Waals surface area (Å²) >= 11 is 34.6. The number of hydrogen-bond donors (Lipinski definition) is 1. The molecule has 0 unspecified atom stereocenters. The molecule has 0 aliphatic heterocycles. The molecule has 0 fully saturated rings. The van der Waals surface area contributed by atoms with Crippen LogP contribution in [0.1, 0.15) is 11.6 Å². The molecule has 0 spiro atoms. The molecule has 21 heavy (non-hydrogen) atoms. The summed E-state index contributed by atoms with van der Waals surface area (Å²) in [5.74, 6) is -0.272. The van der Waals surface area contributed by atoms with Gasteiger partial charge >= 0.3 is 0 Å². The average Bonchev–Trinajstić information content (AvgIpc) is 2.36. The fourth-order valence-corrected chi connectivity index (χ4v) is 1.91. The molecule has 0 aliphatic carbocycles.